The summed E-state index contributed by atoms with van der Waals surface area (Å²) >= 11 is 0. The van der Waals surface area contributed by atoms with Crippen molar-refractivity contribution >= 4 is 21.8 Å². The van der Waals surface area contributed by atoms with E-state index in [0.29, 0.717) is 43.7 Å². The summed E-state index contributed by atoms with van der Waals surface area (Å²) in [6.45, 7) is 2.57. The van der Waals surface area contributed by atoms with Crippen molar-refractivity contribution in [3.8, 4) is 22.6 Å². The molecule has 0 radical (unpaired) electrons. The first kappa shape index (κ1) is 30.6. The molecule has 1 saturated heterocycles. The molecule has 10 heteroatoms. The Bertz CT molecular complexity index is 1410. The number of carbonyl (C=O) groups excluding carboxylic acids is 2. The van der Waals surface area contributed by atoms with Gasteiger partial charge < -0.3 is 20.9 Å². The quantitative estimate of drug-likeness (QED) is 0.404. The molecule has 0 aliphatic carbocycles. The zero-order valence-corrected chi connectivity index (χ0v) is 23.9. The summed E-state index contributed by atoms with van der Waals surface area (Å²) in [6, 6.07) is 21.2. The van der Waals surface area contributed by atoms with Crippen molar-refractivity contribution in [1.82, 2.24) is 4.31 Å². The van der Waals surface area contributed by atoms with Crippen LogP contribution in [-0.4, -0.2) is 51.8 Å². The minimum absolute atomic E-state index is 0.107. The number of carbonyl (C=O) groups is 2. The van der Waals surface area contributed by atoms with Crippen LogP contribution in [0.1, 0.15) is 30.4 Å². The molecule has 2 amide bonds. The Morgan fingerprint density at radius 3 is 2.05 bits per heavy atom. The molecule has 9 nitrogen and oxygen atoms in total. The van der Waals surface area contributed by atoms with Crippen molar-refractivity contribution in [3.05, 3.63) is 77.9 Å². The van der Waals surface area contributed by atoms with Gasteiger partial charge in [-0.2, -0.15) is 4.31 Å². The number of nitrogens with zero attached hydrogens (tertiary/aromatic N) is 1. The number of benzene rings is 3. The van der Waals surface area contributed by atoms with Gasteiger partial charge in [0.05, 0.1) is 25.0 Å². The van der Waals surface area contributed by atoms with Crippen LogP contribution in [0.15, 0.2) is 71.6 Å². The number of aryl methyl sites for hydroxylation is 2. The predicted octanol–water partition coefficient (Wildman–Crippen LogP) is 3.67. The van der Waals surface area contributed by atoms with Gasteiger partial charge >= 0.3 is 0 Å². The van der Waals surface area contributed by atoms with Crippen LogP contribution in [0, 0.1) is 12.8 Å². The molecule has 40 heavy (non-hydrogen) atoms. The molecule has 1 aliphatic rings. The lowest BCUT2D eigenvalue weighted by molar-refractivity contribution is -0.122. The molecule has 1 unspecified atom stereocenters. The molecule has 214 valence electrons. The largest absolute Gasteiger partial charge is 0.493 e. The van der Waals surface area contributed by atoms with Gasteiger partial charge in [0.1, 0.15) is 0 Å². The molecule has 0 saturated carbocycles. The topological polar surface area (TPSA) is 142 Å². The number of methoxy groups -OCH3 is 2. The minimum atomic E-state index is -3.70. The predicted molar refractivity (Wildman–Crippen MR) is 154 cm³/mol. The Kier molecular flexibility index (Phi) is 10.7. The standard InChI is InChI=1S/C16H17NO.C14H20N2O5S/c1-12-2-7-14(8-3-12)15-9-4-13(5-10-15)6-11-16(17)18;1-20-12-6-5-11(8-13(12)21-2)22(18,19)16-7-3-4-10(9-16)14(15)17/h2-5,7-10H,6,11H2,1H3,(H2,17,18);5-6,8,10H,3-4,7,9H2,1-2H3,(H2,15,17). The second-order valence-electron chi connectivity index (χ2n) is 9.65. The maximum absolute atomic E-state index is 12.7. The molecule has 3 aromatic rings. The highest BCUT2D eigenvalue weighted by Crippen LogP contribution is 2.32. The van der Waals surface area contributed by atoms with Gasteiger partial charge in [-0.05, 0) is 55.0 Å². The molecule has 1 heterocycles. The van der Waals surface area contributed by atoms with E-state index in [1.165, 1.54) is 47.3 Å². The number of nitrogens with two attached hydrogens (primary N) is 2. The highest BCUT2D eigenvalue weighted by atomic mass is 32.2. The zero-order valence-electron chi connectivity index (χ0n) is 23.1. The van der Waals surface area contributed by atoms with Crippen LogP contribution in [-0.2, 0) is 26.0 Å². The third kappa shape index (κ3) is 8.06. The number of rotatable bonds is 9. The first-order valence-corrected chi connectivity index (χ1v) is 14.4. The van der Waals surface area contributed by atoms with E-state index >= 15 is 0 Å². The fourth-order valence-electron chi connectivity index (χ4n) is 4.40. The van der Waals surface area contributed by atoms with E-state index in [0.717, 1.165) is 5.56 Å². The summed E-state index contributed by atoms with van der Waals surface area (Å²) in [5.41, 5.74) is 15.2. The Morgan fingerprint density at radius 2 is 1.50 bits per heavy atom. The molecule has 4 N–H and O–H groups in total. The zero-order chi connectivity index (χ0) is 29.3. The molecule has 4 rings (SSSR count). The molecular formula is C30H37N3O6S. The van der Waals surface area contributed by atoms with Crippen molar-refractivity contribution < 1.29 is 27.5 Å². The second kappa shape index (κ2) is 14.0. The lowest BCUT2D eigenvalue weighted by atomic mass is 9.99. The number of amides is 2. The summed E-state index contributed by atoms with van der Waals surface area (Å²) in [4.78, 5) is 22.1. The maximum atomic E-state index is 12.7. The Morgan fingerprint density at radius 1 is 0.900 bits per heavy atom. The second-order valence-corrected chi connectivity index (χ2v) is 11.6. The van der Waals surface area contributed by atoms with E-state index in [9.17, 15) is 18.0 Å². The SMILES string of the molecule is COc1ccc(S(=O)(=O)N2CCCC(C(N)=O)C2)cc1OC.Cc1ccc(-c2ccc(CCC(N)=O)cc2)cc1. The smallest absolute Gasteiger partial charge is 0.243 e. The molecular weight excluding hydrogens is 530 g/mol. The summed E-state index contributed by atoms with van der Waals surface area (Å²) in [6.07, 6.45) is 2.35. The summed E-state index contributed by atoms with van der Waals surface area (Å²) in [5, 5.41) is 0. The maximum Gasteiger partial charge on any atom is 0.243 e. The summed E-state index contributed by atoms with van der Waals surface area (Å²) in [5.74, 6) is -0.365. The van der Waals surface area contributed by atoms with Gasteiger partial charge in [-0.1, -0.05) is 54.1 Å². The number of sulfonamides is 1. The van der Waals surface area contributed by atoms with Crippen LogP contribution in [0.25, 0.3) is 11.1 Å². The van der Waals surface area contributed by atoms with Gasteiger partial charge in [0.2, 0.25) is 21.8 Å². The van der Waals surface area contributed by atoms with Crippen molar-refractivity contribution in [2.45, 2.75) is 37.5 Å². The van der Waals surface area contributed by atoms with Gasteiger partial charge in [-0.3, -0.25) is 9.59 Å². The molecule has 0 aromatic heterocycles. The number of hydrogen-bond donors (Lipinski definition) is 2. The first-order valence-electron chi connectivity index (χ1n) is 13.0. The molecule has 3 aromatic carbocycles. The van der Waals surface area contributed by atoms with Crippen molar-refractivity contribution in [2.75, 3.05) is 27.3 Å². The molecule has 0 spiro atoms. The number of ether oxygens (including phenoxy) is 2. The molecule has 1 fully saturated rings. The molecule has 1 atom stereocenters. The van der Waals surface area contributed by atoms with E-state index < -0.39 is 21.8 Å². The van der Waals surface area contributed by atoms with Crippen molar-refractivity contribution in [3.63, 3.8) is 0 Å². The van der Waals surface area contributed by atoms with E-state index in [-0.39, 0.29) is 17.3 Å². The lowest BCUT2D eigenvalue weighted by Gasteiger charge is -2.30. The Balaban J connectivity index is 0.000000225. The van der Waals surface area contributed by atoms with E-state index in [2.05, 4.69) is 55.5 Å². The van der Waals surface area contributed by atoms with Gasteiger partial charge in [0, 0.05) is 25.6 Å². The highest BCUT2D eigenvalue weighted by Gasteiger charge is 2.32. The van der Waals surface area contributed by atoms with Gasteiger partial charge in [-0.15, -0.1) is 0 Å². The lowest BCUT2D eigenvalue weighted by Crippen LogP contribution is -2.44. The van der Waals surface area contributed by atoms with Crippen LogP contribution in [0.5, 0.6) is 11.5 Å². The highest BCUT2D eigenvalue weighted by molar-refractivity contribution is 7.89. The van der Waals surface area contributed by atoms with Crippen LogP contribution >= 0.6 is 0 Å². The van der Waals surface area contributed by atoms with Crippen LogP contribution in [0.3, 0.4) is 0 Å². The third-order valence-corrected chi connectivity index (χ3v) is 8.64. The average molecular weight is 568 g/mol. The normalized spacial score (nSPS) is 15.4. The fraction of sp³-hybridized carbons (Fsp3) is 0.333. The van der Waals surface area contributed by atoms with Crippen LogP contribution < -0.4 is 20.9 Å². The van der Waals surface area contributed by atoms with Crippen LogP contribution in [0.4, 0.5) is 0 Å². The molecule has 0 bridgehead atoms. The fourth-order valence-corrected chi connectivity index (χ4v) is 5.94. The van der Waals surface area contributed by atoms with E-state index in [4.69, 9.17) is 20.9 Å². The monoisotopic (exact) mass is 567 g/mol. The van der Waals surface area contributed by atoms with Gasteiger partial charge in [0.25, 0.3) is 0 Å². The Labute approximate surface area is 236 Å². The minimum Gasteiger partial charge on any atom is -0.493 e. The average Bonchev–Trinajstić information content (AvgIpc) is 2.96. The van der Waals surface area contributed by atoms with Gasteiger partial charge in [-0.25, -0.2) is 8.42 Å². The third-order valence-electron chi connectivity index (χ3n) is 6.78. The van der Waals surface area contributed by atoms with Crippen molar-refractivity contribution in [1.29, 1.82) is 0 Å². The number of hydrogen-bond acceptors (Lipinski definition) is 6. The first-order chi connectivity index (χ1) is 19.0. The number of piperidine rings is 1. The summed E-state index contributed by atoms with van der Waals surface area (Å²) in [7, 11) is -0.773. The van der Waals surface area contributed by atoms with E-state index in [1.807, 2.05) is 0 Å². The summed E-state index contributed by atoms with van der Waals surface area (Å²) < 4.78 is 36.9. The molecule has 1 aliphatic heterocycles. The van der Waals surface area contributed by atoms with Crippen molar-refractivity contribution in [2.24, 2.45) is 17.4 Å². The van der Waals surface area contributed by atoms with Gasteiger partial charge in [0.15, 0.2) is 11.5 Å². The Hall–Kier alpha value is -3.89. The number of primary amides is 2. The van der Waals surface area contributed by atoms with Crippen LogP contribution in [0.2, 0.25) is 0 Å². The van der Waals surface area contributed by atoms with E-state index in [1.54, 1.807) is 6.07 Å².